The molecule has 10 aromatic carbocycles. The van der Waals surface area contributed by atoms with E-state index in [9.17, 15) is 0 Å². The van der Waals surface area contributed by atoms with E-state index in [-0.39, 0.29) is 0 Å². The highest BCUT2D eigenvalue weighted by molar-refractivity contribution is 6.25. The lowest BCUT2D eigenvalue weighted by Crippen LogP contribution is -2.28. The van der Waals surface area contributed by atoms with Gasteiger partial charge >= 0.3 is 0 Å². The van der Waals surface area contributed by atoms with E-state index in [1.54, 1.807) is 0 Å². The molecular formula is C56H35N3. The zero-order chi connectivity index (χ0) is 38.9. The summed E-state index contributed by atoms with van der Waals surface area (Å²) in [4.78, 5) is 15.2. The molecule has 59 heavy (non-hydrogen) atoms. The summed E-state index contributed by atoms with van der Waals surface area (Å²) in [6.07, 6.45) is 0. The summed E-state index contributed by atoms with van der Waals surface area (Å²) in [6, 6.07) is 76.6. The van der Waals surface area contributed by atoms with Crippen LogP contribution < -0.4 is 0 Å². The van der Waals surface area contributed by atoms with Crippen LogP contribution >= 0.6 is 0 Å². The third-order valence-corrected chi connectivity index (χ3v) is 12.3. The third kappa shape index (κ3) is 5.11. The fraction of sp³-hybridized carbons (Fsp3) is 0.0179. The molecule has 0 atom stereocenters. The van der Waals surface area contributed by atoms with Crippen molar-refractivity contribution in [3.63, 3.8) is 0 Å². The number of aromatic nitrogens is 3. The highest BCUT2D eigenvalue weighted by atomic mass is 15.0. The first-order chi connectivity index (χ1) is 29.2. The van der Waals surface area contributed by atoms with Gasteiger partial charge in [0.05, 0.1) is 5.41 Å². The van der Waals surface area contributed by atoms with E-state index in [1.807, 2.05) is 36.4 Å². The number of hydrogen-bond acceptors (Lipinski definition) is 3. The summed E-state index contributed by atoms with van der Waals surface area (Å²) in [5.41, 5.74) is 12.0. The summed E-state index contributed by atoms with van der Waals surface area (Å²) in [5.74, 6) is 1.94. The first kappa shape index (κ1) is 33.4. The molecule has 0 aliphatic heterocycles. The molecule has 11 aromatic rings. The Kier molecular flexibility index (Phi) is 7.45. The second kappa shape index (κ2) is 13.2. The molecule has 3 heteroatoms. The van der Waals surface area contributed by atoms with Crippen LogP contribution in [0.4, 0.5) is 0 Å². The number of nitrogens with zero attached hydrogens (tertiary/aromatic N) is 3. The van der Waals surface area contributed by atoms with E-state index >= 15 is 0 Å². The molecule has 1 aromatic heterocycles. The van der Waals surface area contributed by atoms with Gasteiger partial charge in [-0.05, 0) is 89.0 Å². The Morgan fingerprint density at radius 1 is 0.288 bits per heavy atom. The van der Waals surface area contributed by atoms with Crippen LogP contribution in [0.25, 0.3) is 88.7 Å². The Balaban J connectivity index is 1.11. The van der Waals surface area contributed by atoms with Crippen molar-refractivity contribution >= 4 is 32.3 Å². The number of fused-ring (bicyclic) bond motifs is 3. The van der Waals surface area contributed by atoms with Crippen LogP contribution in [-0.4, -0.2) is 15.0 Å². The first-order valence-corrected chi connectivity index (χ1v) is 20.2. The summed E-state index contributed by atoms with van der Waals surface area (Å²) in [6.45, 7) is 0. The molecule has 1 aliphatic rings. The molecule has 12 rings (SSSR count). The minimum absolute atomic E-state index is 0.574. The maximum absolute atomic E-state index is 5.13. The second-order valence-electron chi connectivity index (χ2n) is 15.5. The summed E-state index contributed by atoms with van der Waals surface area (Å²) < 4.78 is 0. The van der Waals surface area contributed by atoms with Gasteiger partial charge in [-0.3, -0.25) is 0 Å². The maximum Gasteiger partial charge on any atom is 0.164 e. The van der Waals surface area contributed by atoms with E-state index in [1.165, 1.54) is 76.8 Å². The molecule has 0 unspecified atom stereocenters. The molecule has 0 N–H and O–H groups in total. The Hall–Kier alpha value is -7.75. The van der Waals surface area contributed by atoms with E-state index in [2.05, 4.69) is 176 Å². The van der Waals surface area contributed by atoms with Crippen LogP contribution in [0, 0.1) is 0 Å². The van der Waals surface area contributed by atoms with Crippen molar-refractivity contribution in [2.45, 2.75) is 5.41 Å². The van der Waals surface area contributed by atoms with E-state index in [0.717, 1.165) is 16.7 Å². The van der Waals surface area contributed by atoms with Gasteiger partial charge in [-0.15, -0.1) is 0 Å². The van der Waals surface area contributed by atoms with Crippen molar-refractivity contribution in [1.29, 1.82) is 0 Å². The molecule has 0 fully saturated rings. The predicted molar refractivity (Wildman–Crippen MR) is 243 cm³/mol. The smallest absolute Gasteiger partial charge is 0.164 e. The highest BCUT2D eigenvalue weighted by Gasteiger charge is 2.46. The van der Waals surface area contributed by atoms with Crippen molar-refractivity contribution in [2.24, 2.45) is 0 Å². The van der Waals surface area contributed by atoms with Crippen LogP contribution in [0.5, 0.6) is 0 Å². The summed E-state index contributed by atoms with van der Waals surface area (Å²) in [5, 5.41) is 7.74. The molecule has 3 nitrogen and oxygen atoms in total. The minimum atomic E-state index is -0.574. The van der Waals surface area contributed by atoms with Gasteiger partial charge < -0.3 is 0 Å². The lowest BCUT2D eigenvalue weighted by molar-refractivity contribution is 0.769. The molecule has 0 radical (unpaired) electrons. The lowest BCUT2D eigenvalue weighted by atomic mass is 9.67. The van der Waals surface area contributed by atoms with E-state index in [0.29, 0.717) is 17.5 Å². The molecular weight excluding hydrogens is 715 g/mol. The number of rotatable bonds is 6. The standard InChI is InChI=1S/C56H35N3/c1-5-14-39(15-6-1)53-57-54(40-16-7-2-8-17-40)59-55(58-53)42-29-33-49-48(34-42)46-31-28-41(35-50(46)56(49,43-20-9-3-10-21-43)44-22-11-4-12-23-44)45-30-26-38-25-24-36-18-13-19-37-27-32-47(45)52(38)51(36)37/h1-35H. The van der Waals surface area contributed by atoms with Crippen LogP contribution in [0.1, 0.15) is 22.3 Å². The summed E-state index contributed by atoms with van der Waals surface area (Å²) >= 11 is 0. The fourth-order valence-electron chi connectivity index (χ4n) is 9.72. The molecule has 0 spiro atoms. The number of hydrogen-bond donors (Lipinski definition) is 0. The largest absolute Gasteiger partial charge is 0.208 e. The zero-order valence-electron chi connectivity index (χ0n) is 32.0. The van der Waals surface area contributed by atoms with Crippen molar-refractivity contribution in [1.82, 2.24) is 15.0 Å². The van der Waals surface area contributed by atoms with Crippen LogP contribution in [0.3, 0.4) is 0 Å². The quantitative estimate of drug-likeness (QED) is 0.159. The van der Waals surface area contributed by atoms with Crippen molar-refractivity contribution in [2.75, 3.05) is 0 Å². The van der Waals surface area contributed by atoms with Gasteiger partial charge in [-0.1, -0.05) is 200 Å². The van der Waals surface area contributed by atoms with Gasteiger partial charge in [0.25, 0.3) is 0 Å². The van der Waals surface area contributed by atoms with E-state index in [4.69, 9.17) is 15.0 Å². The second-order valence-corrected chi connectivity index (χ2v) is 15.5. The topological polar surface area (TPSA) is 38.7 Å². The van der Waals surface area contributed by atoms with Crippen LogP contribution in [-0.2, 0) is 5.41 Å². The van der Waals surface area contributed by atoms with Crippen LogP contribution in [0.2, 0.25) is 0 Å². The minimum Gasteiger partial charge on any atom is -0.208 e. The Labute approximate surface area is 342 Å². The SMILES string of the molecule is c1ccc(-c2nc(-c3ccccc3)nc(-c3ccc4c(c3)-c3ccc(-c5ccc6ccc7cccc8ccc5c6c78)cc3C4(c3ccccc3)c3ccccc3)n2)cc1. The molecule has 274 valence electrons. The Morgan fingerprint density at radius 3 is 1.39 bits per heavy atom. The molecule has 1 aliphatic carbocycles. The first-order valence-electron chi connectivity index (χ1n) is 20.2. The third-order valence-electron chi connectivity index (χ3n) is 12.3. The van der Waals surface area contributed by atoms with Crippen molar-refractivity contribution in [3.05, 3.63) is 235 Å². The lowest BCUT2D eigenvalue weighted by Gasteiger charge is -2.34. The zero-order valence-corrected chi connectivity index (χ0v) is 32.0. The monoisotopic (exact) mass is 749 g/mol. The average molecular weight is 750 g/mol. The van der Waals surface area contributed by atoms with Gasteiger partial charge in [0.15, 0.2) is 17.5 Å². The predicted octanol–water partition coefficient (Wildman–Crippen LogP) is 13.8. The number of benzene rings is 10. The Morgan fingerprint density at radius 2 is 0.780 bits per heavy atom. The molecule has 0 amide bonds. The van der Waals surface area contributed by atoms with Gasteiger partial charge in [-0.2, -0.15) is 0 Å². The van der Waals surface area contributed by atoms with Gasteiger partial charge in [0, 0.05) is 16.7 Å². The van der Waals surface area contributed by atoms with E-state index < -0.39 is 5.41 Å². The van der Waals surface area contributed by atoms with Gasteiger partial charge in [-0.25, -0.2) is 15.0 Å². The van der Waals surface area contributed by atoms with Gasteiger partial charge in [0.2, 0.25) is 0 Å². The maximum atomic E-state index is 5.13. The van der Waals surface area contributed by atoms with Gasteiger partial charge in [0.1, 0.15) is 0 Å². The van der Waals surface area contributed by atoms with Crippen molar-refractivity contribution < 1.29 is 0 Å². The van der Waals surface area contributed by atoms with Crippen LogP contribution in [0.15, 0.2) is 212 Å². The molecule has 1 heterocycles. The normalized spacial score (nSPS) is 12.9. The molecule has 0 saturated heterocycles. The van der Waals surface area contributed by atoms with Crippen molar-refractivity contribution in [3.8, 4) is 56.4 Å². The summed E-state index contributed by atoms with van der Waals surface area (Å²) in [7, 11) is 0. The fourth-order valence-corrected chi connectivity index (χ4v) is 9.72. The molecule has 0 bridgehead atoms. The average Bonchev–Trinajstić information content (AvgIpc) is 3.61. The Bertz CT molecular complexity index is 3250. The highest BCUT2D eigenvalue weighted by Crippen LogP contribution is 2.57. The molecule has 0 saturated carbocycles.